The Labute approximate surface area is 202 Å². The van der Waals surface area contributed by atoms with Crippen molar-refractivity contribution in [3.05, 3.63) is 80.8 Å². The highest BCUT2D eigenvalue weighted by Gasteiger charge is 2.36. The van der Waals surface area contributed by atoms with Crippen LogP contribution < -0.4 is 10.2 Å². The number of rotatable bonds is 7. The van der Waals surface area contributed by atoms with E-state index in [2.05, 4.69) is 10.3 Å². The summed E-state index contributed by atoms with van der Waals surface area (Å²) in [6, 6.07) is 15.4. The average molecular weight is 484 g/mol. The van der Waals surface area contributed by atoms with Crippen LogP contribution in [0.25, 0.3) is 0 Å². The van der Waals surface area contributed by atoms with Gasteiger partial charge >= 0.3 is 0 Å². The maximum atomic E-state index is 13.9. The lowest BCUT2D eigenvalue weighted by Crippen LogP contribution is -2.45. The molecule has 2 heterocycles. The first kappa shape index (κ1) is 23.4. The smallest absolute Gasteiger partial charge is 0.271 e. The van der Waals surface area contributed by atoms with Gasteiger partial charge in [-0.1, -0.05) is 54.1 Å². The number of hydrogen-bond donors (Lipinski definition) is 1. The normalized spacial score (nSPS) is 16.4. The van der Waals surface area contributed by atoms with Crippen LogP contribution in [0, 0.1) is 13.8 Å². The molecule has 2 unspecified atom stereocenters. The molecular weight excluding hydrogens is 458 g/mol. The number of hydrogen-bond acceptors (Lipinski definition) is 5. The van der Waals surface area contributed by atoms with Crippen LogP contribution in [0.15, 0.2) is 54.6 Å². The van der Waals surface area contributed by atoms with Crippen LogP contribution in [0.4, 0.5) is 5.69 Å². The number of halogens is 1. The zero-order valence-corrected chi connectivity index (χ0v) is 20.2. The molecule has 1 aliphatic rings. The fourth-order valence-corrected chi connectivity index (χ4v) is 5.11. The van der Waals surface area contributed by atoms with Crippen LogP contribution in [0.1, 0.15) is 44.8 Å². The predicted octanol–water partition coefficient (Wildman–Crippen LogP) is 5.10. The number of aromatic nitrogens is 1. The molecule has 0 aliphatic carbocycles. The summed E-state index contributed by atoms with van der Waals surface area (Å²) in [6.07, 6.45) is 1.88. The molecule has 6 nitrogen and oxygen atoms in total. The van der Waals surface area contributed by atoms with Crippen molar-refractivity contribution in [3.63, 3.8) is 0 Å². The molecule has 1 aromatic heterocycles. The second kappa shape index (κ2) is 10.5. The minimum Gasteiger partial charge on any atom is -0.376 e. The number of carbonyl (C=O) groups excluding carboxylic acids is 2. The van der Waals surface area contributed by atoms with E-state index in [0.717, 1.165) is 17.8 Å². The van der Waals surface area contributed by atoms with Crippen molar-refractivity contribution >= 4 is 40.4 Å². The SMILES string of the molecule is Cc1nc(C)c(C(=O)N(c2ccccc2Cl)C(C(=O)NCC2CCCO2)c2ccccc2)s1. The number of aryl methyl sites for hydroxylation is 2. The molecule has 2 amide bonds. The van der Waals surface area contributed by atoms with E-state index in [0.29, 0.717) is 40.0 Å². The van der Waals surface area contributed by atoms with Crippen molar-refractivity contribution in [2.45, 2.75) is 38.8 Å². The first-order valence-electron chi connectivity index (χ1n) is 10.9. The van der Waals surface area contributed by atoms with E-state index in [9.17, 15) is 9.59 Å². The van der Waals surface area contributed by atoms with Gasteiger partial charge in [-0.15, -0.1) is 11.3 Å². The molecule has 1 aliphatic heterocycles. The molecule has 1 N–H and O–H groups in total. The van der Waals surface area contributed by atoms with Gasteiger partial charge in [0.25, 0.3) is 5.91 Å². The number of nitrogens with zero attached hydrogens (tertiary/aromatic N) is 2. The van der Waals surface area contributed by atoms with Gasteiger partial charge in [0, 0.05) is 13.2 Å². The van der Waals surface area contributed by atoms with Gasteiger partial charge in [0.2, 0.25) is 5.91 Å². The van der Waals surface area contributed by atoms with Gasteiger partial charge in [0.15, 0.2) is 0 Å². The number of anilines is 1. The van der Waals surface area contributed by atoms with Crippen molar-refractivity contribution < 1.29 is 14.3 Å². The molecule has 0 spiro atoms. The van der Waals surface area contributed by atoms with Gasteiger partial charge in [0.05, 0.1) is 27.5 Å². The van der Waals surface area contributed by atoms with Crippen molar-refractivity contribution in [3.8, 4) is 0 Å². The third-order valence-corrected chi connectivity index (χ3v) is 6.96. The van der Waals surface area contributed by atoms with E-state index in [4.69, 9.17) is 16.3 Å². The third kappa shape index (κ3) is 5.27. The van der Waals surface area contributed by atoms with Crippen molar-refractivity contribution in [2.24, 2.45) is 0 Å². The Hall–Kier alpha value is -2.74. The number of ether oxygens (including phenoxy) is 1. The van der Waals surface area contributed by atoms with E-state index in [1.807, 2.05) is 37.3 Å². The van der Waals surface area contributed by atoms with Crippen LogP contribution in [0.2, 0.25) is 5.02 Å². The number of thiazole rings is 1. The van der Waals surface area contributed by atoms with Gasteiger partial charge in [-0.25, -0.2) is 4.98 Å². The van der Waals surface area contributed by atoms with Gasteiger partial charge < -0.3 is 10.1 Å². The Morgan fingerprint density at radius 3 is 2.55 bits per heavy atom. The van der Waals surface area contributed by atoms with Gasteiger partial charge in [-0.05, 0) is 44.4 Å². The highest BCUT2D eigenvalue weighted by molar-refractivity contribution is 7.13. The number of benzene rings is 2. The lowest BCUT2D eigenvalue weighted by Gasteiger charge is -2.32. The molecule has 2 atom stereocenters. The van der Waals surface area contributed by atoms with Gasteiger partial charge in [0.1, 0.15) is 10.9 Å². The minimum absolute atomic E-state index is 0.0128. The van der Waals surface area contributed by atoms with Crippen molar-refractivity contribution in [1.29, 1.82) is 0 Å². The van der Waals surface area contributed by atoms with E-state index in [-0.39, 0.29) is 17.9 Å². The lowest BCUT2D eigenvalue weighted by molar-refractivity contribution is -0.123. The van der Waals surface area contributed by atoms with E-state index in [1.54, 1.807) is 31.2 Å². The summed E-state index contributed by atoms with van der Waals surface area (Å²) >= 11 is 7.87. The molecule has 1 saturated heterocycles. The Balaban J connectivity index is 1.78. The number of carbonyl (C=O) groups is 2. The zero-order chi connectivity index (χ0) is 23.4. The highest BCUT2D eigenvalue weighted by atomic mass is 35.5. The molecule has 4 rings (SSSR count). The second-order valence-corrected chi connectivity index (χ2v) is 9.58. The fourth-order valence-electron chi connectivity index (χ4n) is 4.02. The Morgan fingerprint density at radius 1 is 1.18 bits per heavy atom. The lowest BCUT2D eigenvalue weighted by atomic mass is 10.0. The predicted molar refractivity (Wildman–Crippen MR) is 131 cm³/mol. The van der Waals surface area contributed by atoms with Gasteiger partial charge in [-0.2, -0.15) is 0 Å². The molecular formula is C25H26ClN3O3S. The fraction of sp³-hybridized carbons (Fsp3) is 0.320. The first-order chi connectivity index (χ1) is 16.0. The Kier molecular flexibility index (Phi) is 7.42. The Morgan fingerprint density at radius 2 is 1.91 bits per heavy atom. The molecule has 0 radical (unpaired) electrons. The van der Waals surface area contributed by atoms with E-state index >= 15 is 0 Å². The van der Waals surface area contributed by atoms with Crippen molar-refractivity contribution in [2.75, 3.05) is 18.1 Å². The van der Waals surface area contributed by atoms with E-state index in [1.165, 1.54) is 16.2 Å². The summed E-state index contributed by atoms with van der Waals surface area (Å²) in [5, 5.41) is 4.18. The molecule has 33 heavy (non-hydrogen) atoms. The van der Waals surface area contributed by atoms with Crippen LogP contribution in [-0.4, -0.2) is 36.1 Å². The monoisotopic (exact) mass is 483 g/mol. The molecule has 172 valence electrons. The molecule has 8 heteroatoms. The number of amides is 2. The van der Waals surface area contributed by atoms with E-state index < -0.39 is 6.04 Å². The molecule has 3 aromatic rings. The molecule has 0 saturated carbocycles. The molecule has 2 aromatic carbocycles. The maximum Gasteiger partial charge on any atom is 0.271 e. The maximum absolute atomic E-state index is 13.9. The summed E-state index contributed by atoms with van der Waals surface area (Å²) in [4.78, 5) is 34.0. The largest absolute Gasteiger partial charge is 0.376 e. The first-order valence-corrected chi connectivity index (χ1v) is 12.1. The van der Waals surface area contributed by atoms with Crippen LogP contribution in [-0.2, 0) is 9.53 Å². The summed E-state index contributed by atoms with van der Waals surface area (Å²) in [6.45, 7) is 4.76. The minimum atomic E-state index is -0.915. The topological polar surface area (TPSA) is 71.5 Å². The zero-order valence-electron chi connectivity index (χ0n) is 18.6. The van der Waals surface area contributed by atoms with Crippen LogP contribution in [0.3, 0.4) is 0 Å². The number of para-hydroxylation sites is 1. The quantitative estimate of drug-likeness (QED) is 0.507. The summed E-state index contributed by atoms with van der Waals surface area (Å²) in [7, 11) is 0. The second-order valence-electron chi connectivity index (χ2n) is 7.97. The third-order valence-electron chi connectivity index (χ3n) is 5.58. The summed E-state index contributed by atoms with van der Waals surface area (Å²) in [5.74, 6) is -0.601. The van der Waals surface area contributed by atoms with Crippen LogP contribution in [0.5, 0.6) is 0 Å². The average Bonchev–Trinajstić information content (AvgIpc) is 3.45. The standard InChI is InChI=1S/C25H26ClN3O3S/c1-16-23(33-17(2)28-16)25(31)29(21-13-7-6-12-20(21)26)22(18-9-4-3-5-10-18)24(30)27-15-19-11-8-14-32-19/h3-7,9-10,12-13,19,22H,8,11,14-15H2,1-2H3,(H,27,30). The molecule has 0 bridgehead atoms. The highest BCUT2D eigenvalue weighted by Crippen LogP contribution is 2.36. The van der Waals surface area contributed by atoms with Crippen molar-refractivity contribution in [1.82, 2.24) is 10.3 Å². The summed E-state index contributed by atoms with van der Waals surface area (Å²) in [5.41, 5.74) is 1.79. The number of nitrogens with one attached hydrogen (secondary N) is 1. The van der Waals surface area contributed by atoms with Crippen LogP contribution >= 0.6 is 22.9 Å². The van der Waals surface area contributed by atoms with Gasteiger partial charge in [-0.3, -0.25) is 14.5 Å². The summed E-state index contributed by atoms with van der Waals surface area (Å²) < 4.78 is 5.67. The Bertz CT molecular complexity index is 1130. The molecule has 1 fully saturated rings.